The van der Waals surface area contributed by atoms with Crippen LogP contribution < -0.4 is 9.64 Å². The topological polar surface area (TPSA) is 52.4 Å². The molecule has 3 rings (SSSR count). The summed E-state index contributed by atoms with van der Waals surface area (Å²) in [6.07, 6.45) is 0. The molecule has 0 N–H and O–H groups in total. The second-order valence-electron chi connectivity index (χ2n) is 5.48. The molecule has 0 unspecified atom stereocenters. The molecule has 2 aromatic rings. The van der Waals surface area contributed by atoms with Gasteiger partial charge in [0.2, 0.25) is 0 Å². The van der Waals surface area contributed by atoms with Crippen molar-refractivity contribution in [2.45, 2.75) is 0 Å². The summed E-state index contributed by atoms with van der Waals surface area (Å²) in [4.78, 5) is 8.99. The minimum absolute atomic E-state index is 0.473. The van der Waals surface area contributed by atoms with Crippen LogP contribution in [-0.2, 0) is 0 Å². The molecule has 2 heterocycles. The molecule has 5 heteroatoms. The molecule has 23 heavy (non-hydrogen) atoms. The highest BCUT2D eigenvalue weighted by atomic mass is 16.5. The monoisotopic (exact) mass is 308 g/mol. The number of rotatable bonds is 5. The Morgan fingerprint density at radius 2 is 1.78 bits per heavy atom. The van der Waals surface area contributed by atoms with Gasteiger partial charge in [0.25, 0.3) is 0 Å². The Morgan fingerprint density at radius 1 is 1.00 bits per heavy atom. The Labute approximate surface area is 136 Å². The van der Waals surface area contributed by atoms with Crippen LogP contribution in [0.1, 0.15) is 5.69 Å². The van der Waals surface area contributed by atoms with Gasteiger partial charge in [-0.15, -0.1) is 0 Å². The molecule has 1 aliphatic rings. The molecule has 118 valence electrons. The molecule has 0 atom stereocenters. The second kappa shape index (κ2) is 7.61. The maximum Gasteiger partial charge on any atom is 0.142 e. The fraction of sp³-hybridized carbons (Fsp3) is 0.333. The lowest BCUT2D eigenvalue weighted by molar-refractivity contribution is 0.200. The van der Waals surface area contributed by atoms with Gasteiger partial charge in [-0.1, -0.05) is 24.3 Å². The Morgan fingerprint density at radius 3 is 2.52 bits per heavy atom. The highest BCUT2D eigenvalue weighted by Gasteiger charge is 2.18. The highest BCUT2D eigenvalue weighted by molar-refractivity contribution is 5.42. The van der Waals surface area contributed by atoms with E-state index in [9.17, 15) is 0 Å². The number of para-hydroxylation sites is 1. The third-order valence-electron chi connectivity index (χ3n) is 3.96. The van der Waals surface area contributed by atoms with E-state index < -0.39 is 0 Å². The molecular formula is C18H20N4O. The van der Waals surface area contributed by atoms with E-state index >= 15 is 0 Å². The third kappa shape index (κ3) is 4.21. The normalized spacial score (nSPS) is 15.2. The van der Waals surface area contributed by atoms with Crippen LogP contribution in [0, 0.1) is 11.3 Å². The van der Waals surface area contributed by atoms with Crippen LogP contribution in [0.25, 0.3) is 0 Å². The lowest BCUT2D eigenvalue weighted by atomic mass is 10.3. The van der Waals surface area contributed by atoms with E-state index in [4.69, 9.17) is 10.00 Å². The Hall–Kier alpha value is -2.58. The van der Waals surface area contributed by atoms with E-state index in [1.165, 1.54) is 0 Å². The molecule has 0 spiro atoms. The summed E-state index contributed by atoms with van der Waals surface area (Å²) in [5.74, 6) is 1.81. The molecule has 5 nitrogen and oxygen atoms in total. The number of pyridine rings is 1. The van der Waals surface area contributed by atoms with Crippen LogP contribution in [0.15, 0.2) is 48.5 Å². The summed E-state index contributed by atoms with van der Waals surface area (Å²) in [7, 11) is 0. The second-order valence-corrected chi connectivity index (χ2v) is 5.48. The molecule has 0 amide bonds. The van der Waals surface area contributed by atoms with Crippen molar-refractivity contribution in [3.05, 3.63) is 54.2 Å². The van der Waals surface area contributed by atoms with Gasteiger partial charge >= 0.3 is 0 Å². The molecule has 1 saturated heterocycles. The van der Waals surface area contributed by atoms with Crippen LogP contribution >= 0.6 is 0 Å². The summed E-state index contributed by atoms with van der Waals surface area (Å²) in [6.45, 7) is 5.44. The van der Waals surface area contributed by atoms with E-state index in [1.54, 1.807) is 6.07 Å². The largest absolute Gasteiger partial charge is 0.492 e. The smallest absolute Gasteiger partial charge is 0.142 e. The molecule has 1 aromatic carbocycles. The van der Waals surface area contributed by atoms with Gasteiger partial charge < -0.3 is 9.64 Å². The van der Waals surface area contributed by atoms with Crippen LogP contribution in [0.3, 0.4) is 0 Å². The summed E-state index contributed by atoms with van der Waals surface area (Å²) in [5, 5.41) is 8.94. The van der Waals surface area contributed by atoms with Crippen molar-refractivity contribution in [2.24, 2.45) is 0 Å². The molecule has 1 aromatic heterocycles. The van der Waals surface area contributed by atoms with Crippen LogP contribution in [0.4, 0.5) is 5.82 Å². The number of nitriles is 1. The number of hydrogen-bond donors (Lipinski definition) is 0. The van der Waals surface area contributed by atoms with Crippen molar-refractivity contribution in [3.63, 3.8) is 0 Å². The number of anilines is 1. The standard InChI is InChI=1S/C18H20N4O/c19-15-16-5-4-8-18(20-16)22-11-9-21(10-12-22)13-14-23-17-6-2-1-3-7-17/h1-8H,9-14H2. The fourth-order valence-electron chi connectivity index (χ4n) is 2.67. The van der Waals surface area contributed by atoms with Gasteiger partial charge in [0, 0.05) is 32.7 Å². The summed E-state index contributed by atoms with van der Waals surface area (Å²) in [5.41, 5.74) is 0.473. The zero-order valence-electron chi connectivity index (χ0n) is 13.1. The van der Waals surface area contributed by atoms with Gasteiger partial charge in [0.15, 0.2) is 0 Å². The molecule has 0 bridgehead atoms. The predicted molar refractivity (Wildman–Crippen MR) is 89.5 cm³/mol. The van der Waals surface area contributed by atoms with E-state index in [2.05, 4.69) is 20.9 Å². The van der Waals surface area contributed by atoms with Crippen molar-refractivity contribution in [2.75, 3.05) is 44.2 Å². The van der Waals surface area contributed by atoms with Crippen molar-refractivity contribution < 1.29 is 4.74 Å². The van der Waals surface area contributed by atoms with E-state index in [1.807, 2.05) is 42.5 Å². The Kier molecular flexibility index (Phi) is 5.07. The summed E-state index contributed by atoms with van der Waals surface area (Å²) in [6, 6.07) is 17.6. The highest BCUT2D eigenvalue weighted by Crippen LogP contribution is 2.14. The molecular weight excluding hydrogens is 288 g/mol. The lowest BCUT2D eigenvalue weighted by Gasteiger charge is -2.35. The lowest BCUT2D eigenvalue weighted by Crippen LogP contribution is -2.47. The van der Waals surface area contributed by atoms with Gasteiger partial charge in [-0.25, -0.2) is 4.98 Å². The van der Waals surface area contributed by atoms with Gasteiger partial charge in [0.05, 0.1) is 0 Å². The van der Waals surface area contributed by atoms with E-state index in [0.29, 0.717) is 12.3 Å². The minimum Gasteiger partial charge on any atom is -0.492 e. The minimum atomic E-state index is 0.473. The van der Waals surface area contributed by atoms with Crippen LogP contribution in [-0.4, -0.2) is 49.2 Å². The molecule has 1 fully saturated rings. The Bertz CT molecular complexity index is 660. The number of aromatic nitrogens is 1. The molecule has 0 aliphatic carbocycles. The third-order valence-corrected chi connectivity index (χ3v) is 3.96. The van der Waals surface area contributed by atoms with Gasteiger partial charge in [0.1, 0.15) is 29.9 Å². The number of nitrogens with zero attached hydrogens (tertiary/aromatic N) is 4. The summed E-state index contributed by atoms with van der Waals surface area (Å²) < 4.78 is 5.75. The van der Waals surface area contributed by atoms with E-state index in [-0.39, 0.29) is 0 Å². The first kappa shape index (κ1) is 15.3. The SMILES string of the molecule is N#Cc1cccc(N2CCN(CCOc3ccccc3)CC2)n1. The summed E-state index contributed by atoms with van der Waals surface area (Å²) >= 11 is 0. The molecule has 1 aliphatic heterocycles. The number of ether oxygens (including phenoxy) is 1. The van der Waals surface area contributed by atoms with Gasteiger partial charge in [-0.3, -0.25) is 4.90 Å². The van der Waals surface area contributed by atoms with Gasteiger partial charge in [-0.2, -0.15) is 5.26 Å². The first-order valence-electron chi connectivity index (χ1n) is 7.87. The number of piperazine rings is 1. The van der Waals surface area contributed by atoms with Crippen molar-refractivity contribution in [1.29, 1.82) is 5.26 Å². The number of hydrogen-bond acceptors (Lipinski definition) is 5. The predicted octanol–water partition coefficient (Wildman–Crippen LogP) is 2.15. The average Bonchev–Trinajstić information content (AvgIpc) is 2.63. The fourth-order valence-corrected chi connectivity index (χ4v) is 2.67. The number of benzene rings is 1. The molecule has 0 saturated carbocycles. The maximum atomic E-state index is 8.94. The maximum absolute atomic E-state index is 8.94. The zero-order chi connectivity index (χ0) is 15.9. The zero-order valence-corrected chi connectivity index (χ0v) is 13.1. The van der Waals surface area contributed by atoms with Crippen LogP contribution in [0.2, 0.25) is 0 Å². The first-order valence-corrected chi connectivity index (χ1v) is 7.87. The van der Waals surface area contributed by atoms with E-state index in [0.717, 1.165) is 44.3 Å². The molecule has 0 radical (unpaired) electrons. The Balaban J connectivity index is 1.44. The van der Waals surface area contributed by atoms with Crippen LogP contribution in [0.5, 0.6) is 5.75 Å². The van der Waals surface area contributed by atoms with Crippen molar-refractivity contribution >= 4 is 5.82 Å². The quantitative estimate of drug-likeness (QED) is 0.847. The van der Waals surface area contributed by atoms with Gasteiger partial charge in [-0.05, 0) is 24.3 Å². The van der Waals surface area contributed by atoms with Crippen molar-refractivity contribution in [3.8, 4) is 11.8 Å². The first-order chi connectivity index (χ1) is 11.3. The average molecular weight is 308 g/mol. The van der Waals surface area contributed by atoms with Crippen molar-refractivity contribution in [1.82, 2.24) is 9.88 Å².